The molecule has 2 heterocycles. The fourth-order valence-electron chi connectivity index (χ4n) is 3.32. The summed E-state index contributed by atoms with van der Waals surface area (Å²) in [6.07, 6.45) is 1.68. The minimum Gasteiger partial charge on any atom is -0.491 e. The first-order chi connectivity index (χ1) is 16.0. The summed E-state index contributed by atoms with van der Waals surface area (Å²) in [6.45, 7) is 2.84. The maximum Gasteiger partial charge on any atom is 0.258 e. The van der Waals surface area contributed by atoms with Crippen molar-refractivity contribution in [2.75, 3.05) is 48.9 Å². The van der Waals surface area contributed by atoms with Gasteiger partial charge in [0.15, 0.2) is 23.2 Å². The molecule has 2 aromatic carbocycles. The SMILES string of the molecule is COc1c(F)c(F)cc(C(=O)Nc2ccc(Nc3cc(N4CCOCC4)cnn3)cc2)c1F. The van der Waals surface area contributed by atoms with Gasteiger partial charge in [-0.25, -0.2) is 8.78 Å². The zero-order valence-electron chi connectivity index (χ0n) is 17.6. The van der Waals surface area contributed by atoms with Crippen LogP contribution in [0.3, 0.4) is 0 Å². The van der Waals surface area contributed by atoms with E-state index in [4.69, 9.17) is 4.74 Å². The number of halogens is 3. The zero-order valence-corrected chi connectivity index (χ0v) is 17.6. The maximum atomic E-state index is 14.3. The summed E-state index contributed by atoms with van der Waals surface area (Å²) in [5, 5.41) is 13.7. The van der Waals surface area contributed by atoms with E-state index in [1.165, 1.54) is 0 Å². The van der Waals surface area contributed by atoms with E-state index in [2.05, 4.69) is 30.5 Å². The van der Waals surface area contributed by atoms with Gasteiger partial charge in [0.2, 0.25) is 5.82 Å². The Morgan fingerprint density at radius 3 is 2.45 bits per heavy atom. The molecular weight excluding hydrogens is 439 g/mol. The second kappa shape index (κ2) is 9.74. The zero-order chi connectivity index (χ0) is 23.4. The molecule has 8 nitrogen and oxygen atoms in total. The van der Waals surface area contributed by atoms with Crippen LogP contribution in [-0.4, -0.2) is 49.5 Å². The van der Waals surface area contributed by atoms with Gasteiger partial charge in [-0.1, -0.05) is 0 Å². The van der Waals surface area contributed by atoms with Crippen LogP contribution >= 0.6 is 0 Å². The number of nitrogens with one attached hydrogen (secondary N) is 2. The number of ether oxygens (including phenoxy) is 2. The number of hydrogen-bond acceptors (Lipinski definition) is 7. The van der Waals surface area contributed by atoms with Crippen LogP contribution in [0, 0.1) is 17.5 Å². The predicted molar refractivity (Wildman–Crippen MR) is 116 cm³/mol. The van der Waals surface area contributed by atoms with E-state index in [9.17, 15) is 18.0 Å². The third kappa shape index (κ3) is 4.98. The van der Waals surface area contributed by atoms with E-state index in [0.29, 0.717) is 36.5 Å². The van der Waals surface area contributed by atoms with Crippen molar-refractivity contribution in [3.63, 3.8) is 0 Å². The summed E-state index contributed by atoms with van der Waals surface area (Å²) in [7, 11) is 0.982. The smallest absolute Gasteiger partial charge is 0.258 e. The molecule has 2 N–H and O–H groups in total. The van der Waals surface area contributed by atoms with Gasteiger partial charge in [0.1, 0.15) is 0 Å². The fourth-order valence-corrected chi connectivity index (χ4v) is 3.32. The number of carbonyl (C=O) groups is 1. The molecule has 1 fully saturated rings. The van der Waals surface area contributed by atoms with Crippen LogP contribution in [0.4, 0.5) is 36.1 Å². The van der Waals surface area contributed by atoms with Crippen LogP contribution in [-0.2, 0) is 4.74 Å². The molecule has 0 saturated carbocycles. The first kappa shape index (κ1) is 22.3. The van der Waals surface area contributed by atoms with Crippen LogP contribution < -0.4 is 20.3 Å². The number of carbonyl (C=O) groups excluding carboxylic acids is 1. The van der Waals surface area contributed by atoms with E-state index in [1.807, 2.05) is 6.07 Å². The van der Waals surface area contributed by atoms with Crippen molar-refractivity contribution in [2.45, 2.75) is 0 Å². The maximum absolute atomic E-state index is 14.3. The van der Waals surface area contributed by atoms with Gasteiger partial charge >= 0.3 is 0 Å². The Morgan fingerprint density at radius 2 is 1.76 bits per heavy atom. The topological polar surface area (TPSA) is 88.6 Å². The quantitative estimate of drug-likeness (QED) is 0.543. The third-order valence-electron chi connectivity index (χ3n) is 5.00. The van der Waals surface area contributed by atoms with Crippen LogP contribution in [0.5, 0.6) is 5.75 Å². The van der Waals surface area contributed by atoms with E-state index < -0.39 is 34.7 Å². The highest BCUT2D eigenvalue weighted by Crippen LogP contribution is 2.28. The number of benzene rings is 2. The molecule has 1 aliphatic rings. The normalized spacial score (nSPS) is 13.5. The Bertz CT molecular complexity index is 1150. The molecular formula is C22H20F3N5O3. The van der Waals surface area contributed by atoms with Crippen molar-refractivity contribution in [3.05, 3.63) is 65.6 Å². The number of amides is 1. The Hall–Kier alpha value is -3.86. The molecule has 0 atom stereocenters. The largest absolute Gasteiger partial charge is 0.491 e. The summed E-state index contributed by atoms with van der Waals surface area (Å²) in [5.41, 5.74) is 1.23. The lowest BCUT2D eigenvalue weighted by Gasteiger charge is -2.28. The Kier molecular flexibility index (Phi) is 6.59. The van der Waals surface area contributed by atoms with Gasteiger partial charge < -0.3 is 25.0 Å². The summed E-state index contributed by atoms with van der Waals surface area (Å²) < 4.78 is 51.5. The van der Waals surface area contributed by atoms with Crippen LogP contribution in [0.25, 0.3) is 0 Å². The molecule has 0 unspecified atom stereocenters. The lowest BCUT2D eigenvalue weighted by atomic mass is 10.1. The molecule has 0 aliphatic carbocycles. The van der Waals surface area contributed by atoms with Gasteiger partial charge in [-0.05, 0) is 30.3 Å². The van der Waals surface area contributed by atoms with Gasteiger partial charge in [-0.15, -0.1) is 5.10 Å². The molecule has 1 saturated heterocycles. The minimum absolute atomic E-state index is 0.321. The molecule has 4 rings (SSSR count). The Morgan fingerprint density at radius 1 is 1.06 bits per heavy atom. The molecule has 33 heavy (non-hydrogen) atoms. The monoisotopic (exact) mass is 459 g/mol. The summed E-state index contributed by atoms with van der Waals surface area (Å²) in [6, 6.07) is 8.82. The van der Waals surface area contributed by atoms with Gasteiger partial charge in [0.05, 0.1) is 37.8 Å². The summed E-state index contributed by atoms with van der Waals surface area (Å²) >= 11 is 0. The highest BCUT2D eigenvalue weighted by atomic mass is 19.2. The van der Waals surface area contributed by atoms with Gasteiger partial charge in [-0.3, -0.25) is 4.79 Å². The van der Waals surface area contributed by atoms with Gasteiger partial charge in [0, 0.05) is 30.5 Å². The van der Waals surface area contributed by atoms with Crippen molar-refractivity contribution >= 4 is 28.8 Å². The van der Waals surface area contributed by atoms with Crippen molar-refractivity contribution in [1.29, 1.82) is 0 Å². The molecule has 0 spiro atoms. The molecule has 0 radical (unpaired) electrons. The summed E-state index contributed by atoms with van der Waals surface area (Å²) in [4.78, 5) is 14.5. The number of morpholine rings is 1. The van der Waals surface area contributed by atoms with Crippen LogP contribution in [0.2, 0.25) is 0 Å². The number of nitrogens with zero attached hydrogens (tertiary/aromatic N) is 3. The average Bonchev–Trinajstić information content (AvgIpc) is 2.84. The number of hydrogen-bond donors (Lipinski definition) is 2. The first-order valence-electron chi connectivity index (χ1n) is 10.0. The highest BCUT2D eigenvalue weighted by molar-refractivity contribution is 6.04. The molecule has 172 valence electrons. The minimum atomic E-state index is -1.50. The molecule has 1 amide bonds. The number of methoxy groups -OCH3 is 1. The second-order valence-corrected chi connectivity index (χ2v) is 7.12. The molecule has 0 bridgehead atoms. The van der Waals surface area contributed by atoms with Crippen molar-refractivity contribution in [1.82, 2.24) is 10.2 Å². The molecule has 1 aromatic heterocycles. The van der Waals surface area contributed by atoms with E-state index in [1.54, 1.807) is 30.5 Å². The Balaban J connectivity index is 1.44. The fraction of sp³-hybridized carbons (Fsp3) is 0.227. The van der Waals surface area contributed by atoms with Gasteiger partial charge in [-0.2, -0.15) is 9.49 Å². The lowest BCUT2D eigenvalue weighted by Crippen LogP contribution is -2.36. The molecule has 3 aromatic rings. The van der Waals surface area contributed by atoms with Crippen LogP contribution in [0.1, 0.15) is 10.4 Å². The highest BCUT2D eigenvalue weighted by Gasteiger charge is 2.23. The van der Waals surface area contributed by atoms with Crippen molar-refractivity contribution in [3.8, 4) is 5.75 Å². The van der Waals surface area contributed by atoms with Crippen LogP contribution in [0.15, 0.2) is 42.6 Å². The Labute approximate surface area is 187 Å². The molecule has 11 heteroatoms. The standard InChI is InChI=1S/C22H20F3N5O3/c1-32-21-19(24)16(11-17(23)20(21)25)22(31)28-14-4-2-13(3-5-14)27-18-10-15(12-26-29-18)30-6-8-33-9-7-30/h2-5,10-12H,6-9H2,1H3,(H,27,29)(H,28,31). The second-order valence-electron chi connectivity index (χ2n) is 7.12. The third-order valence-corrected chi connectivity index (χ3v) is 5.00. The predicted octanol–water partition coefficient (Wildman–Crippen LogP) is 3.74. The van der Waals surface area contributed by atoms with E-state index in [-0.39, 0.29) is 0 Å². The van der Waals surface area contributed by atoms with Gasteiger partial charge in [0.25, 0.3) is 5.91 Å². The van der Waals surface area contributed by atoms with E-state index in [0.717, 1.165) is 25.9 Å². The number of aromatic nitrogens is 2. The number of anilines is 4. The molecule has 1 aliphatic heterocycles. The van der Waals surface area contributed by atoms with Crippen molar-refractivity contribution < 1.29 is 27.4 Å². The number of rotatable bonds is 6. The first-order valence-corrected chi connectivity index (χ1v) is 10.0. The average molecular weight is 459 g/mol. The van der Waals surface area contributed by atoms with E-state index >= 15 is 0 Å². The van der Waals surface area contributed by atoms with Crippen molar-refractivity contribution in [2.24, 2.45) is 0 Å². The lowest BCUT2D eigenvalue weighted by molar-refractivity contribution is 0.102. The summed E-state index contributed by atoms with van der Waals surface area (Å²) in [5.74, 6) is -5.55.